The molecule has 2 rings (SSSR count). The molecule has 0 aromatic carbocycles. The number of esters is 1. The predicted octanol–water partition coefficient (Wildman–Crippen LogP) is 2.47. The number of hydrogen-bond acceptors (Lipinski definition) is 5. The van der Waals surface area contributed by atoms with Crippen LogP contribution in [0.25, 0.3) is 0 Å². The summed E-state index contributed by atoms with van der Waals surface area (Å²) in [6, 6.07) is 3.31. The summed E-state index contributed by atoms with van der Waals surface area (Å²) in [5.41, 5.74) is 6.87. The molecule has 1 aliphatic carbocycles. The Morgan fingerprint density at radius 2 is 2.10 bits per heavy atom. The molecule has 20 heavy (non-hydrogen) atoms. The van der Waals surface area contributed by atoms with Crippen LogP contribution in [0.5, 0.6) is 0 Å². The molecule has 5 heteroatoms. The number of nitrogen functional groups attached to an aromatic ring is 1. The number of carbonyl (C=O) groups excluding carboxylic acids is 1. The Morgan fingerprint density at radius 3 is 2.75 bits per heavy atom. The van der Waals surface area contributed by atoms with Gasteiger partial charge in [-0.1, -0.05) is 19.3 Å². The summed E-state index contributed by atoms with van der Waals surface area (Å²) >= 11 is 0. The first-order valence-electron chi connectivity index (χ1n) is 7.17. The van der Waals surface area contributed by atoms with Gasteiger partial charge in [0.25, 0.3) is 0 Å². The van der Waals surface area contributed by atoms with Crippen molar-refractivity contribution < 1.29 is 9.53 Å². The van der Waals surface area contributed by atoms with Crippen molar-refractivity contribution in [3.05, 3.63) is 17.8 Å². The van der Waals surface area contributed by atoms with Gasteiger partial charge in [0, 0.05) is 13.6 Å². The van der Waals surface area contributed by atoms with Gasteiger partial charge >= 0.3 is 5.97 Å². The van der Waals surface area contributed by atoms with Gasteiger partial charge in [-0.3, -0.25) is 0 Å². The molecular formula is C15H23N3O2. The summed E-state index contributed by atoms with van der Waals surface area (Å²) < 4.78 is 4.70. The number of nitrogens with zero attached hydrogens (tertiary/aromatic N) is 2. The van der Waals surface area contributed by atoms with Gasteiger partial charge < -0.3 is 15.4 Å². The lowest BCUT2D eigenvalue weighted by Gasteiger charge is -2.28. The number of anilines is 2. The molecule has 0 saturated heterocycles. The second-order valence-corrected chi connectivity index (χ2v) is 5.49. The van der Waals surface area contributed by atoms with Crippen molar-refractivity contribution in [3.8, 4) is 0 Å². The molecule has 0 aliphatic heterocycles. The Labute approximate surface area is 120 Å². The molecule has 1 aromatic heterocycles. The van der Waals surface area contributed by atoms with Crippen LogP contribution >= 0.6 is 0 Å². The van der Waals surface area contributed by atoms with E-state index < -0.39 is 5.97 Å². The fourth-order valence-corrected chi connectivity index (χ4v) is 2.83. The molecule has 0 atom stereocenters. The quantitative estimate of drug-likeness (QED) is 0.856. The Bertz CT molecular complexity index is 470. The van der Waals surface area contributed by atoms with Crippen LogP contribution in [0.1, 0.15) is 42.6 Å². The average Bonchev–Trinajstić information content (AvgIpc) is 2.48. The number of carbonyl (C=O) groups is 1. The normalized spacial score (nSPS) is 15.9. The van der Waals surface area contributed by atoms with Gasteiger partial charge in [-0.25, -0.2) is 9.78 Å². The van der Waals surface area contributed by atoms with E-state index in [2.05, 4.69) is 9.88 Å². The third-order valence-electron chi connectivity index (χ3n) is 3.92. The van der Waals surface area contributed by atoms with Gasteiger partial charge in [-0.2, -0.15) is 0 Å². The van der Waals surface area contributed by atoms with E-state index in [0.29, 0.717) is 23.1 Å². The van der Waals surface area contributed by atoms with E-state index in [4.69, 9.17) is 10.5 Å². The number of pyridine rings is 1. The van der Waals surface area contributed by atoms with Crippen molar-refractivity contribution in [2.24, 2.45) is 5.92 Å². The Hall–Kier alpha value is -1.78. The maximum atomic E-state index is 11.5. The topological polar surface area (TPSA) is 68.5 Å². The van der Waals surface area contributed by atoms with Gasteiger partial charge in [0.1, 0.15) is 0 Å². The molecule has 1 fully saturated rings. The summed E-state index contributed by atoms with van der Waals surface area (Å²) in [7, 11) is 3.33. The molecule has 110 valence electrons. The molecule has 0 bridgehead atoms. The van der Waals surface area contributed by atoms with Crippen molar-refractivity contribution in [2.75, 3.05) is 31.3 Å². The minimum Gasteiger partial charge on any atom is -0.464 e. The summed E-state index contributed by atoms with van der Waals surface area (Å²) in [6.45, 7) is 0.932. The van der Waals surface area contributed by atoms with Gasteiger partial charge in [0.2, 0.25) is 0 Å². The van der Waals surface area contributed by atoms with Crippen LogP contribution in [0, 0.1) is 5.92 Å². The monoisotopic (exact) mass is 277 g/mol. The van der Waals surface area contributed by atoms with Crippen molar-refractivity contribution >= 4 is 17.5 Å². The van der Waals surface area contributed by atoms with Gasteiger partial charge in [-0.05, 0) is 30.9 Å². The zero-order valence-corrected chi connectivity index (χ0v) is 12.3. The highest BCUT2D eigenvalue weighted by Gasteiger charge is 2.18. The Morgan fingerprint density at radius 1 is 1.40 bits per heavy atom. The third kappa shape index (κ3) is 3.40. The molecule has 1 aliphatic rings. The van der Waals surface area contributed by atoms with Crippen molar-refractivity contribution in [2.45, 2.75) is 32.1 Å². The first-order chi connectivity index (χ1) is 9.61. The average molecular weight is 277 g/mol. The van der Waals surface area contributed by atoms with Crippen LogP contribution in [0.4, 0.5) is 11.5 Å². The van der Waals surface area contributed by atoms with E-state index in [-0.39, 0.29) is 0 Å². The molecule has 0 spiro atoms. The van der Waals surface area contributed by atoms with Gasteiger partial charge in [-0.15, -0.1) is 0 Å². The largest absolute Gasteiger partial charge is 0.464 e. The van der Waals surface area contributed by atoms with Crippen LogP contribution < -0.4 is 10.6 Å². The smallest absolute Gasteiger partial charge is 0.356 e. The lowest BCUT2D eigenvalue weighted by atomic mass is 9.89. The summed E-state index contributed by atoms with van der Waals surface area (Å²) in [5, 5.41) is 0. The molecule has 0 unspecified atom stereocenters. The molecule has 1 saturated carbocycles. The number of rotatable bonds is 4. The number of ether oxygens (including phenoxy) is 1. The van der Waals surface area contributed by atoms with Crippen LogP contribution in [0.2, 0.25) is 0 Å². The van der Waals surface area contributed by atoms with E-state index in [1.807, 2.05) is 7.05 Å². The number of aromatic nitrogens is 1. The molecule has 1 heterocycles. The summed E-state index contributed by atoms with van der Waals surface area (Å²) in [4.78, 5) is 17.9. The van der Waals surface area contributed by atoms with E-state index in [1.54, 1.807) is 12.1 Å². The molecule has 0 amide bonds. The van der Waals surface area contributed by atoms with E-state index in [0.717, 1.165) is 6.54 Å². The van der Waals surface area contributed by atoms with Crippen LogP contribution in [0.15, 0.2) is 12.1 Å². The lowest BCUT2D eigenvalue weighted by Crippen LogP contribution is -2.28. The second kappa shape index (κ2) is 6.59. The maximum Gasteiger partial charge on any atom is 0.356 e. The highest BCUT2D eigenvalue weighted by Crippen LogP contribution is 2.27. The SMILES string of the molecule is COC(=O)c1ccc(N)c(N(C)CC2CCCCC2)n1. The van der Waals surface area contributed by atoms with Gasteiger partial charge in [0.15, 0.2) is 11.5 Å². The second-order valence-electron chi connectivity index (χ2n) is 5.49. The lowest BCUT2D eigenvalue weighted by molar-refractivity contribution is 0.0594. The maximum absolute atomic E-state index is 11.5. The Kier molecular flexibility index (Phi) is 4.82. The van der Waals surface area contributed by atoms with E-state index in [1.165, 1.54) is 39.2 Å². The summed E-state index contributed by atoms with van der Waals surface area (Å²) in [5.74, 6) is 0.924. The van der Waals surface area contributed by atoms with Crippen molar-refractivity contribution in [1.82, 2.24) is 4.98 Å². The number of methoxy groups -OCH3 is 1. The minimum atomic E-state index is -0.433. The molecular weight excluding hydrogens is 254 g/mol. The predicted molar refractivity (Wildman–Crippen MR) is 79.8 cm³/mol. The van der Waals surface area contributed by atoms with Gasteiger partial charge in [0.05, 0.1) is 12.8 Å². The first-order valence-corrected chi connectivity index (χ1v) is 7.17. The number of nitrogens with two attached hydrogens (primary N) is 1. The zero-order valence-electron chi connectivity index (χ0n) is 12.3. The fraction of sp³-hybridized carbons (Fsp3) is 0.600. The van der Waals surface area contributed by atoms with E-state index >= 15 is 0 Å². The molecule has 2 N–H and O–H groups in total. The zero-order chi connectivity index (χ0) is 14.5. The number of hydrogen-bond donors (Lipinski definition) is 1. The van der Waals surface area contributed by atoms with Crippen molar-refractivity contribution in [3.63, 3.8) is 0 Å². The van der Waals surface area contributed by atoms with Crippen LogP contribution in [0.3, 0.4) is 0 Å². The third-order valence-corrected chi connectivity index (χ3v) is 3.92. The highest BCUT2D eigenvalue weighted by atomic mass is 16.5. The first kappa shape index (κ1) is 14.6. The van der Waals surface area contributed by atoms with Crippen LogP contribution in [-0.2, 0) is 4.74 Å². The fourth-order valence-electron chi connectivity index (χ4n) is 2.83. The van der Waals surface area contributed by atoms with Crippen LogP contribution in [-0.4, -0.2) is 31.7 Å². The van der Waals surface area contributed by atoms with Crippen molar-refractivity contribution in [1.29, 1.82) is 0 Å². The standard InChI is InChI=1S/C15H23N3O2/c1-18(10-11-6-4-3-5-7-11)14-12(16)8-9-13(17-14)15(19)20-2/h8-9,11H,3-7,10,16H2,1-2H3. The molecule has 1 aromatic rings. The summed E-state index contributed by atoms with van der Waals surface area (Å²) in [6.07, 6.45) is 6.49. The highest BCUT2D eigenvalue weighted by molar-refractivity contribution is 5.88. The minimum absolute atomic E-state index is 0.298. The molecule has 0 radical (unpaired) electrons. The molecule has 5 nitrogen and oxygen atoms in total. The van der Waals surface area contributed by atoms with E-state index in [9.17, 15) is 4.79 Å². The Balaban J connectivity index is 2.11.